The van der Waals surface area contributed by atoms with Gasteiger partial charge in [0.2, 0.25) is 11.8 Å². The number of nitrogens with zero attached hydrogens (tertiary/aromatic N) is 2. The van der Waals surface area contributed by atoms with Gasteiger partial charge in [-0.25, -0.2) is 0 Å². The van der Waals surface area contributed by atoms with E-state index in [9.17, 15) is 19.5 Å². The minimum atomic E-state index is -1.07. The van der Waals surface area contributed by atoms with Crippen LogP contribution in [-0.4, -0.2) is 82.8 Å². The third-order valence-corrected chi connectivity index (χ3v) is 8.60. The molecule has 2 bridgehead atoms. The van der Waals surface area contributed by atoms with Crippen molar-refractivity contribution in [2.45, 2.75) is 89.4 Å². The lowest BCUT2D eigenvalue weighted by Crippen LogP contribution is -2.56. The summed E-state index contributed by atoms with van der Waals surface area (Å²) in [4.78, 5) is 45.1. The molecular formula is C29H46N2O6. The van der Waals surface area contributed by atoms with Crippen molar-refractivity contribution in [2.75, 3.05) is 32.8 Å². The number of hydrogen-bond donors (Lipinski definition) is 1. The molecule has 0 saturated carbocycles. The van der Waals surface area contributed by atoms with Gasteiger partial charge in [-0.05, 0) is 51.4 Å². The van der Waals surface area contributed by atoms with E-state index in [1.165, 1.54) is 0 Å². The zero-order valence-corrected chi connectivity index (χ0v) is 23.0. The van der Waals surface area contributed by atoms with Crippen molar-refractivity contribution in [3.05, 3.63) is 25.3 Å². The molecule has 37 heavy (non-hydrogen) atoms. The maximum Gasteiger partial charge on any atom is 0.312 e. The number of likely N-dealkylation sites (tertiary alicyclic amines) is 1. The summed E-state index contributed by atoms with van der Waals surface area (Å²) in [5.74, 6) is -2.33. The van der Waals surface area contributed by atoms with Gasteiger partial charge in [0, 0.05) is 26.2 Å². The van der Waals surface area contributed by atoms with Gasteiger partial charge in [-0.1, -0.05) is 38.8 Å². The summed E-state index contributed by atoms with van der Waals surface area (Å²) in [6, 6.07) is -0.812. The SMILES string of the molecule is C=CCCCOC(=O)[C@@H]1[C@H]2C(=O)N(CCCCO)C(C(=O)N(CC=C)CCCCC)C23CC(C)[C@@]1(C)O3. The fourth-order valence-corrected chi connectivity index (χ4v) is 6.67. The van der Waals surface area contributed by atoms with Crippen LogP contribution in [0, 0.1) is 17.8 Å². The average Bonchev–Trinajstić information content (AvgIpc) is 3.38. The Morgan fingerprint density at radius 1 is 1.22 bits per heavy atom. The minimum Gasteiger partial charge on any atom is -0.465 e. The number of aliphatic hydroxyl groups is 1. The number of unbranched alkanes of at least 4 members (excludes halogenated alkanes) is 4. The van der Waals surface area contributed by atoms with Crippen LogP contribution in [0.15, 0.2) is 25.3 Å². The summed E-state index contributed by atoms with van der Waals surface area (Å²) in [5, 5.41) is 9.35. The Hall–Kier alpha value is -2.19. The van der Waals surface area contributed by atoms with Gasteiger partial charge in [0.05, 0.1) is 18.1 Å². The molecule has 0 aromatic carbocycles. The summed E-state index contributed by atoms with van der Waals surface area (Å²) in [6.07, 6.45) is 9.43. The molecule has 3 aliphatic rings. The Balaban J connectivity index is 1.98. The second-order valence-corrected chi connectivity index (χ2v) is 11.0. The molecule has 6 atom stereocenters. The lowest BCUT2D eigenvalue weighted by molar-refractivity contribution is -0.162. The number of aliphatic hydroxyl groups excluding tert-OH is 1. The molecule has 1 spiro atoms. The molecule has 8 heteroatoms. The van der Waals surface area contributed by atoms with Gasteiger partial charge in [0.1, 0.15) is 17.6 Å². The van der Waals surface area contributed by atoms with E-state index in [1.54, 1.807) is 22.0 Å². The zero-order chi connectivity index (χ0) is 27.2. The zero-order valence-electron chi connectivity index (χ0n) is 23.0. The van der Waals surface area contributed by atoms with Crippen molar-refractivity contribution in [1.29, 1.82) is 0 Å². The lowest BCUT2D eigenvalue weighted by atomic mass is 9.62. The van der Waals surface area contributed by atoms with E-state index in [0.717, 1.165) is 25.7 Å². The lowest BCUT2D eigenvalue weighted by Gasteiger charge is -2.37. The molecule has 1 N–H and O–H groups in total. The molecule has 3 heterocycles. The Morgan fingerprint density at radius 3 is 2.62 bits per heavy atom. The predicted molar refractivity (Wildman–Crippen MR) is 141 cm³/mol. The highest BCUT2D eigenvalue weighted by Gasteiger charge is 2.80. The molecule has 3 rings (SSSR count). The van der Waals surface area contributed by atoms with Crippen molar-refractivity contribution in [1.82, 2.24) is 9.80 Å². The molecule has 3 aliphatic heterocycles. The van der Waals surface area contributed by atoms with E-state index in [1.807, 2.05) is 13.8 Å². The molecule has 2 amide bonds. The molecule has 3 saturated heterocycles. The van der Waals surface area contributed by atoms with Crippen LogP contribution < -0.4 is 0 Å². The maximum absolute atomic E-state index is 14.2. The van der Waals surface area contributed by atoms with E-state index in [-0.39, 0.29) is 30.9 Å². The second-order valence-electron chi connectivity index (χ2n) is 11.0. The van der Waals surface area contributed by atoms with Crippen LogP contribution in [0.1, 0.15) is 72.1 Å². The van der Waals surface area contributed by atoms with Crippen molar-refractivity contribution < 1.29 is 29.0 Å². The summed E-state index contributed by atoms with van der Waals surface area (Å²) < 4.78 is 12.4. The van der Waals surface area contributed by atoms with E-state index in [2.05, 4.69) is 20.1 Å². The van der Waals surface area contributed by atoms with Crippen LogP contribution in [0.5, 0.6) is 0 Å². The predicted octanol–water partition coefficient (Wildman–Crippen LogP) is 3.48. The standard InChI is InChI=1S/C29H46N2O6/c1-6-9-11-16-30(15-8-3)26(34)24-29-20-21(4)28(5,37-29)23(27(35)36-19-14-10-7-2)22(29)25(33)31(24)17-12-13-18-32/h7-8,21-24,32H,2-3,6,9-20H2,1,4-5H3/t21?,22-,23-,24?,28+,29?/m0/s1. The number of esters is 1. The first-order valence-corrected chi connectivity index (χ1v) is 14.0. The quantitative estimate of drug-likeness (QED) is 0.191. The van der Waals surface area contributed by atoms with Gasteiger partial charge in [0.25, 0.3) is 0 Å². The molecular weight excluding hydrogens is 472 g/mol. The maximum atomic E-state index is 14.2. The molecule has 0 aromatic heterocycles. The van der Waals surface area contributed by atoms with Gasteiger partial charge >= 0.3 is 5.97 Å². The van der Waals surface area contributed by atoms with Gasteiger partial charge in [-0.2, -0.15) is 0 Å². The number of hydrogen-bond acceptors (Lipinski definition) is 6. The highest BCUT2D eigenvalue weighted by atomic mass is 16.6. The number of amides is 2. The third kappa shape index (κ3) is 5.37. The van der Waals surface area contributed by atoms with Crippen molar-refractivity contribution in [2.24, 2.45) is 17.8 Å². The Kier molecular flexibility index (Phi) is 9.98. The number of carbonyl (C=O) groups excluding carboxylic acids is 3. The number of ether oxygens (including phenoxy) is 2. The Morgan fingerprint density at radius 2 is 1.97 bits per heavy atom. The Bertz CT molecular complexity index is 861. The first kappa shape index (κ1) is 29.4. The van der Waals surface area contributed by atoms with Gasteiger partial charge < -0.3 is 24.4 Å². The van der Waals surface area contributed by atoms with Gasteiger partial charge in [-0.3, -0.25) is 14.4 Å². The smallest absolute Gasteiger partial charge is 0.312 e. The van der Waals surface area contributed by atoms with Crippen LogP contribution in [0.4, 0.5) is 0 Å². The normalized spacial score (nSPS) is 31.9. The molecule has 8 nitrogen and oxygen atoms in total. The summed E-state index contributed by atoms with van der Waals surface area (Å²) in [5.41, 5.74) is -1.95. The van der Waals surface area contributed by atoms with Crippen LogP contribution in [0.2, 0.25) is 0 Å². The topological polar surface area (TPSA) is 96.4 Å². The van der Waals surface area contributed by atoms with E-state index >= 15 is 0 Å². The van der Waals surface area contributed by atoms with Crippen molar-refractivity contribution in [3.8, 4) is 0 Å². The molecule has 0 aliphatic carbocycles. The van der Waals surface area contributed by atoms with Gasteiger partial charge in [0.15, 0.2) is 0 Å². The van der Waals surface area contributed by atoms with E-state index < -0.39 is 35.0 Å². The Labute approximate surface area is 222 Å². The number of fused-ring (bicyclic) bond motifs is 1. The van der Waals surface area contributed by atoms with Crippen LogP contribution in [0.25, 0.3) is 0 Å². The molecule has 0 aromatic rings. The first-order chi connectivity index (χ1) is 17.7. The summed E-state index contributed by atoms with van der Waals surface area (Å²) in [7, 11) is 0. The summed E-state index contributed by atoms with van der Waals surface area (Å²) in [6.45, 7) is 15.2. The van der Waals surface area contributed by atoms with Crippen molar-refractivity contribution in [3.63, 3.8) is 0 Å². The van der Waals surface area contributed by atoms with Gasteiger partial charge in [-0.15, -0.1) is 13.2 Å². The van der Waals surface area contributed by atoms with Crippen LogP contribution >= 0.6 is 0 Å². The monoisotopic (exact) mass is 518 g/mol. The van der Waals surface area contributed by atoms with Crippen LogP contribution in [-0.2, 0) is 23.9 Å². The largest absolute Gasteiger partial charge is 0.465 e. The van der Waals surface area contributed by atoms with E-state index in [4.69, 9.17) is 9.47 Å². The molecule has 3 fully saturated rings. The third-order valence-electron chi connectivity index (χ3n) is 8.60. The van der Waals surface area contributed by atoms with Crippen molar-refractivity contribution >= 4 is 17.8 Å². The molecule has 3 unspecified atom stereocenters. The minimum absolute atomic E-state index is 0.0140. The number of rotatable bonds is 16. The summed E-state index contributed by atoms with van der Waals surface area (Å²) >= 11 is 0. The average molecular weight is 519 g/mol. The first-order valence-electron chi connectivity index (χ1n) is 14.0. The number of allylic oxidation sites excluding steroid dienone is 1. The van der Waals surface area contributed by atoms with Crippen LogP contribution in [0.3, 0.4) is 0 Å². The number of carbonyl (C=O) groups is 3. The highest BCUT2D eigenvalue weighted by molar-refractivity contribution is 5.98. The molecule has 0 radical (unpaired) electrons. The second kappa shape index (κ2) is 12.6. The fourth-order valence-electron chi connectivity index (χ4n) is 6.67. The molecule has 208 valence electrons. The fraction of sp³-hybridized carbons (Fsp3) is 0.759. The highest BCUT2D eigenvalue weighted by Crippen LogP contribution is 2.65. The van der Waals surface area contributed by atoms with E-state index in [0.29, 0.717) is 45.3 Å².